The van der Waals surface area contributed by atoms with Crippen LogP contribution in [0.2, 0.25) is 0 Å². The second kappa shape index (κ2) is 15.5. The number of aliphatic hydroxyl groups excluding tert-OH is 4. The number of rotatable bonds is 11. The van der Waals surface area contributed by atoms with Crippen LogP contribution in [0.3, 0.4) is 0 Å². The Balaban J connectivity index is 1.25. The van der Waals surface area contributed by atoms with Gasteiger partial charge in [-0.1, -0.05) is 42.5 Å². The highest BCUT2D eigenvalue weighted by Gasteiger charge is 2.57. The number of carboxylic acids is 1. The first-order valence-electron chi connectivity index (χ1n) is 16.6. The van der Waals surface area contributed by atoms with Crippen LogP contribution in [0, 0.1) is 11.7 Å². The van der Waals surface area contributed by atoms with E-state index >= 15 is 0 Å². The Morgan fingerprint density at radius 3 is 2.19 bits per heavy atom. The molecule has 3 fully saturated rings. The number of halogens is 1. The summed E-state index contributed by atoms with van der Waals surface area (Å²) >= 11 is 0. The maximum absolute atomic E-state index is 14.3. The highest BCUT2D eigenvalue weighted by molar-refractivity contribution is 7.86. The average Bonchev–Trinajstić information content (AvgIpc) is 3.11. The summed E-state index contributed by atoms with van der Waals surface area (Å²) in [6.07, 6.45) is -10.7. The van der Waals surface area contributed by atoms with Crippen molar-refractivity contribution in [3.05, 3.63) is 95.8 Å². The van der Waals surface area contributed by atoms with Crippen molar-refractivity contribution in [2.45, 2.75) is 79.4 Å². The summed E-state index contributed by atoms with van der Waals surface area (Å²) in [5.41, 5.74) is 1.56. The lowest BCUT2D eigenvalue weighted by atomic mass is 9.71. The smallest absolute Gasteiger partial charge is 0.356 e. The molecule has 12 atom stereocenters. The van der Waals surface area contributed by atoms with Crippen molar-refractivity contribution in [1.82, 2.24) is 0 Å². The molecule has 0 spiro atoms. The molecule has 0 aromatic heterocycles. The molecule has 52 heavy (non-hydrogen) atoms. The molecule has 7 N–H and O–H groups in total. The molecule has 3 aromatic carbocycles. The Labute approximate surface area is 300 Å². The fourth-order valence-electron chi connectivity index (χ4n) is 7.34. The quantitative estimate of drug-likeness (QED) is 0.107. The lowest BCUT2D eigenvalue weighted by Crippen LogP contribution is -2.71. The van der Waals surface area contributed by atoms with E-state index in [0.29, 0.717) is 18.5 Å². The molecule has 2 saturated heterocycles. The number of carbonyl (C=O) groups excluding carboxylic acids is 1. The van der Waals surface area contributed by atoms with E-state index in [0.717, 1.165) is 17.7 Å². The number of amides is 1. The molecular weight excluding hydrogens is 724 g/mol. The van der Waals surface area contributed by atoms with Crippen molar-refractivity contribution in [3.8, 4) is 0 Å². The number of para-hydroxylation sites is 1. The van der Waals surface area contributed by atoms with Gasteiger partial charge in [0.05, 0.1) is 29.3 Å². The SMILES string of the molecule is O=C(O)C1O[C@@H](O[C@@H](CS(=O)[C@H]2C(=O)N(c3ccccc3)[C@@H]2C2CCC(c3ccc(P(=O)(O)O)cc3)C[C@H]2O)c2ccc(F)cc2)C(O)C(O)[C@@H]1O. The van der Waals surface area contributed by atoms with E-state index in [2.05, 4.69) is 0 Å². The number of β-lactam (4-membered cyclic amide) rings is 1. The molecule has 0 radical (unpaired) electrons. The Morgan fingerprint density at radius 1 is 0.942 bits per heavy atom. The Kier molecular flexibility index (Phi) is 11.4. The van der Waals surface area contributed by atoms with E-state index in [9.17, 15) is 58.1 Å². The van der Waals surface area contributed by atoms with Crippen LogP contribution in [0.15, 0.2) is 78.9 Å². The van der Waals surface area contributed by atoms with Gasteiger partial charge in [-0.25, -0.2) is 9.18 Å². The molecule has 17 heteroatoms. The van der Waals surface area contributed by atoms with E-state index in [1.54, 1.807) is 42.5 Å². The number of ether oxygens (including phenoxy) is 2. The summed E-state index contributed by atoms with van der Waals surface area (Å²) in [5, 5.41) is 50.9. The first kappa shape index (κ1) is 38.3. The first-order valence-corrected chi connectivity index (χ1v) is 19.6. The standard InChI is InChI=1S/C35H39FNO13PS/c36-21-11-6-19(7-12-21)26(49-35-30(41)28(39)29(40)31(50-35)34(43)44)17-52(48)32-27(37(33(32)42)22-4-2-1-3-5-22)24-15-10-20(16-25(24)38)18-8-13-23(14-9-18)51(45,46)47/h1-9,11-14,20,24-32,35,38-41H,10,15-17H2,(H,43,44)(H2,45,46,47)/t20?,24?,25-,26+,27-,28?,29+,30?,31?,32-,35-,52?/m1/s1. The number of benzene rings is 3. The van der Waals surface area contributed by atoms with Gasteiger partial charge >= 0.3 is 13.6 Å². The van der Waals surface area contributed by atoms with Crippen LogP contribution in [0.4, 0.5) is 10.1 Å². The van der Waals surface area contributed by atoms with Crippen molar-refractivity contribution >= 4 is 41.3 Å². The van der Waals surface area contributed by atoms with Crippen molar-refractivity contribution in [1.29, 1.82) is 0 Å². The van der Waals surface area contributed by atoms with Crippen molar-refractivity contribution in [2.75, 3.05) is 10.7 Å². The molecule has 1 aliphatic carbocycles. The largest absolute Gasteiger partial charge is 0.479 e. The van der Waals surface area contributed by atoms with Gasteiger partial charge < -0.3 is 49.7 Å². The molecule has 3 aliphatic rings. The van der Waals surface area contributed by atoms with E-state index in [4.69, 9.17) is 9.47 Å². The Bertz CT molecular complexity index is 1810. The van der Waals surface area contributed by atoms with Gasteiger partial charge in [-0.15, -0.1) is 0 Å². The molecule has 3 aromatic rings. The number of aliphatic carboxylic acids is 1. The van der Waals surface area contributed by atoms with Crippen molar-refractivity contribution in [3.63, 3.8) is 0 Å². The van der Waals surface area contributed by atoms with Gasteiger partial charge in [0.2, 0.25) is 5.91 Å². The highest BCUT2D eigenvalue weighted by Crippen LogP contribution is 2.45. The number of nitrogens with zero attached hydrogens (tertiary/aromatic N) is 1. The maximum atomic E-state index is 14.3. The molecule has 6 unspecified atom stereocenters. The molecule has 2 aliphatic heterocycles. The average molecular weight is 764 g/mol. The Morgan fingerprint density at radius 2 is 1.60 bits per heavy atom. The monoisotopic (exact) mass is 763 g/mol. The number of carboxylic acid groups (broad SMARTS) is 1. The van der Waals surface area contributed by atoms with Crippen molar-refractivity contribution in [2.24, 2.45) is 5.92 Å². The van der Waals surface area contributed by atoms with Gasteiger partial charge in [-0.2, -0.15) is 0 Å². The van der Waals surface area contributed by atoms with Gasteiger partial charge in [0.25, 0.3) is 0 Å². The zero-order valence-electron chi connectivity index (χ0n) is 27.4. The predicted octanol–water partition coefficient (Wildman–Crippen LogP) is 1.06. The van der Waals surface area contributed by atoms with Gasteiger partial charge in [-0.05, 0) is 72.7 Å². The number of hydrogen-bond donors (Lipinski definition) is 7. The van der Waals surface area contributed by atoms with E-state index in [1.807, 2.05) is 0 Å². The third kappa shape index (κ3) is 7.78. The molecule has 2 heterocycles. The summed E-state index contributed by atoms with van der Waals surface area (Å²) in [6, 6.07) is 18.8. The minimum absolute atomic E-state index is 0.120. The topological polar surface area (TPSA) is 232 Å². The number of anilines is 1. The lowest BCUT2D eigenvalue weighted by molar-refractivity contribution is -0.303. The molecule has 1 amide bonds. The molecular formula is C35H39FNO13PS. The third-order valence-electron chi connectivity index (χ3n) is 10.1. The molecule has 14 nitrogen and oxygen atoms in total. The molecule has 1 saturated carbocycles. The normalized spacial score (nSPS) is 32.1. The second-order valence-corrected chi connectivity index (χ2v) is 16.5. The number of aliphatic hydroxyl groups is 4. The fourth-order valence-corrected chi connectivity index (χ4v) is 9.63. The predicted molar refractivity (Wildman–Crippen MR) is 183 cm³/mol. The van der Waals surface area contributed by atoms with Gasteiger partial charge in [-0.3, -0.25) is 13.6 Å². The van der Waals surface area contributed by atoms with E-state index in [-0.39, 0.29) is 23.2 Å². The van der Waals surface area contributed by atoms with Crippen LogP contribution < -0.4 is 10.2 Å². The summed E-state index contributed by atoms with van der Waals surface area (Å²) in [5.74, 6) is -3.81. The van der Waals surface area contributed by atoms with Gasteiger partial charge in [0, 0.05) is 22.4 Å². The van der Waals surface area contributed by atoms with Gasteiger partial charge in [0.15, 0.2) is 12.4 Å². The van der Waals surface area contributed by atoms with E-state index in [1.165, 1.54) is 29.2 Å². The number of hydrogen-bond acceptors (Lipinski definition) is 10. The minimum atomic E-state index is -4.43. The fraction of sp³-hybridized carbons (Fsp3) is 0.429. The van der Waals surface area contributed by atoms with Crippen LogP contribution in [0.25, 0.3) is 0 Å². The highest BCUT2D eigenvalue weighted by atomic mass is 32.2. The molecule has 280 valence electrons. The van der Waals surface area contributed by atoms with Crippen molar-refractivity contribution < 1.29 is 67.5 Å². The summed E-state index contributed by atoms with van der Waals surface area (Å²) < 4.78 is 51.1. The number of carbonyl (C=O) groups is 2. The summed E-state index contributed by atoms with van der Waals surface area (Å²) in [4.78, 5) is 46.0. The maximum Gasteiger partial charge on any atom is 0.356 e. The summed E-state index contributed by atoms with van der Waals surface area (Å²) in [6.45, 7) is 0. The van der Waals surface area contributed by atoms with Gasteiger partial charge in [0.1, 0.15) is 29.4 Å². The van der Waals surface area contributed by atoms with Crippen LogP contribution in [-0.4, -0.2) is 105 Å². The second-order valence-electron chi connectivity index (χ2n) is 13.3. The van der Waals surface area contributed by atoms with E-state index < -0.39 is 102 Å². The van der Waals surface area contributed by atoms with Crippen LogP contribution in [0.5, 0.6) is 0 Å². The zero-order valence-corrected chi connectivity index (χ0v) is 29.2. The lowest BCUT2D eigenvalue weighted by Gasteiger charge is -2.52. The first-order chi connectivity index (χ1) is 24.6. The van der Waals surface area contributed by atoms with Crippen LogP contribution in [-0.2, 0) is 34.4 Å². The minimum Gasteiger partial charge on any atom is -0.479 e. The Hall–Kier alpha value is -3.41. The molecule has 0 bridgehead atoms. The summed E-state index contributed by atoms with van der Waals surface area (Å²) in [7, 11) is -6.48. The molecule has 6 rings (SSSR count). The van der Waals surface area contributed by atoms with Crippen LogP contribution >= 0.6 is 7.60 Å². The van der Waals surface area contributed by atoms with Crippen LogP contribution in [0.1, 0.15) is 42.4 Å². The third-order valence-corrected chi connectivity index (χ3v) is 12.7. The zero-order chi connectivity index (χ0) is 37.5.